The molecule has 0 fully saturated rings. The molecule has 88 valence electrons. The van der Waals surface area contributed by atoms with Crippen LogP contribution in [-0.2, 0) is 0 Å². The van der Waals surface area contributed by atoms with E-state index < -0.39 is 5.97 Å². The lowest BCUT2D eigenvalue weighted by Crippen LogP contribution is -2.36. The quantitative estimate of drug-likeness (QED) is 0.848. The van der Waals surface area contributed by atoms with Gasteiger partial charge in [0.2, 0.25) is 5.76 Å². The highest BCUT2D eigenvalue weighted by Gasteiger charge is 2.21. The zero-order valence-corrected chi connectivity index (χ0v) is 9.56. The monoisotopic (exact) mass is 225 g/mol. The third-order valence-corrected chi connectivity index (χ3v) is 2.25. The summed E-state index contributed by atoms with van der Waals surface area (Å²) in [6, 6.07) is 2.72. The molecule has 1 aromatic heterocycles. The molecule has 0 unspecified atom stereocenters. The van der Waals surface area contributed by atoms with Crippen LogP contribution < -0.4 is 0 Å². The standard InChI is InChI=1S/C11H15NO4/c1-4-12(7(2)3)10(13)8-5-6-9(16-8)11(14)15/h5-7H,4H2,1-3H3,(H,14,15). The average molecular weight is 225 g/mol. The van der Waals surface area contributed by atoms with Gasteiger partial charge in [0, 0.05) is 12.6 Å². The zero-order valence-electron chi connectivity index (χ0n) is 9.56. The van der Waals surface area contributed by atoms with Gasteiger partial charge in [-0.05, 0) is 32.9 Å². The summed E-state index contributed by atoms with van der Waals surface area (Å²) < 4.78 is 4.95. The number of carboxylic acid groups (broad SMARTS) is 1. The first-order valence-corrected chi connectivity index (χ1v) is 5.11. The van der Waals surface area contributed by atoms with E-state index in [1.54, 1.807) is 4.90 Å². The van der Waals surface area contributed by atoms with Gasteiger partial charge < -0.3 is 14.4 Å². The number of aromatic carboxylic acids is 1. The fourth-order valence-electron chi connectivity index (χ4n) is 1.45. The lowest BCUT2D eigenvalue weighted by atomic mass is 10.3. The fraction of sp³-hybridized carbons (Fsp3) is 0.455. The molecule has 0 aromatic carbocycles. The average Bonchev–Trinajstić information content (AvgIpc) is 2.66. The second-order valence-electron chi connectivity index (χ2n) is 3.65. The molecule has 0 aliphatic carbocycles. The van der Waals surface area contributed by atoms with Crippen molar-refractivity contribution in [2.75, 3.05) is 6.54 Å². The van der Waals surface area contributed by atoms with Gasteiger partial charge in [0.05, 0.1) is 0 Å². The molecule has 0 aliphatic rings. The van der Waals surface area contributed by atoms with Crippen molar-refractivity contribution in [1.29, 1.82) is 0 Å². The summed E-state index contributed by atoms with van der Waals surface area (Å²) in [7, 11) is 0. The Bertz CT molecular complexity index is 394. The summed E-state index contributed by atoms with van der Waals surface area (Å²) in [6.45, 7) is 6.20. The Labute approximate surface area is 93.7 Å². The van der Waals surface area contributed by atoms with E-state index in [2.05, 4.69) is 0 Å². The second kappa shape index (κ2) is 4.83. The molecule has 1 heterocycles. The number of hydrogen-bond acceptors (Lipinski definition) is 3. The number of amides is 1. The minimum absolute atomic E-state index is 0.0517. The van der Waals surface area contributed by atoms with Gasteiger partial charge >= 0.3 is 5.97 Å². The molecule has 5 nitrogen and oxygen atoms in total. The number of rotatable bonds is 4. The second-order valence-corrected chi connectivity index (χ2v) is 3.65. The maximum atomic E-state index is 11.9. The van der Waals surface area contributed by atoms with Gasteiger partial charge in [-0.1, -0.05) is 0 Å². The van der Waals surface area contributed by atoms with Gasteiger partial charge in [0.25, 0.3) is 5.91 Å². The minimum Gasteiger partial charge on any atom is -0.475 e. The maximum absolute atomic E-state index is 11.9. The Balaban J connectivity index is 2.91. The number of carbonyl (C=O) groups is 2. The topological polar surface area (TPSA) is 70.8 Å². The van der Waals surface area contributed by atoms with E-state index in [1.807, 2.05) is 20.8 Å². The van der Waals surface area contributed by atoms with Crippen molar-refractivity contribution < 1.29 is 19.1 Å². The van der Waals surface area contributed by atoms with Crippen LogP contribution in [0.15, 0.2) is 16.5 Å². The minimum atomic E-state index is -1.17. The van der Waals surface area contributed by atoms with Crippen molar-refractivity contribution in [3.63, 3.8) is 0 Å². The van der Waals surface area contributed by atoms with Crippen LogP contribution in [0, 0.1) is 0 Å². The predicted molar refractivity (Wildman–Crippen MR) is 57.5 cm³/mol. The van der Waals surface area contributed by atoms with E-state index in [4.69, 9.17) is 9.52 Å². The molecule has 0 radical (unpaired) electrons. The van der Waals surface area contributed by atoms with Crippen molar-refractivity contribution in [3.8, 4) is 0 Å². The van der Waals surface area contributed by atoms with E-state index in [-0.39, 0.29) is 23.5 Å². The van der Waals surface area contributed by atoms with Gasteiger partial charge in [0.1, 0.15) is 0 Å². The Morgan fingerprint density at radius 1 is 1.38 bits per heavy atom. The molecular weight excluding hydrogens is 210 g/mol. The molecule has 0 bridgehead atoms. The van der Waals surface area contributed by atoms with E-state index >= 15 is 0 Å². The molecule has 0 saturated heterocycles. The van der Waals surface area contributed by atoms with Crippen LogP contribution in [0.4, 0.5) is 0 Å². The summed E-state index contributed by atoms with van der Waals surface area (Å²) >= 11 is 0. The van der Waals surface area contributed by atoms with Crippen molar-refractivity contribution in [2.24, 2.45) is 0 Å². The number of hydrogen-bond donors (Lipinski definition) is 1. The first kappa shape index (κ1) is 12.3. The predicted octanol–water partition coefficient (Wildman–Crippen LogP) is 1.85. The van der Waals surface area contributed by atoms with Gasteiger partial charge in [-0.2, -0.15) is 0 Å². The summed E-state index contributed by atoms with van der Waals surface area (Å²) in [4.78, 5) is 24.1. The zero-order chi connectivity index (χ0) is 12.3. The Kier molecular flexibility index (Phi) is 3.71. The van der Waals surface area contributed by atoms with E-state index in [0.29, 0.717) is 6.54 Å². The normalized spacial score (nSPS) is 10.5. The third kappa shape index (κ3) is 2.42. The summed E-state index contributed by atoms with van der Waals surface area (Å²) in [5.41, 5.74) is 0. The molecule has 1 rings (SSSR count). The lowest BCUT2D eigenvalue weighted by Gasteiger charge is -2.23. The van der Waals surface area contributed by atoms with Crippen LogP contribution in [0.25, 0.3) is 0 Å². The molecule has 1 aromatic rings. The Morgan fingerprint density at radius 3 is 2.31 bits per heavy atom. The van der Waals surface area contributed by atoms with Crippen LogP contribution >= 0.6 is 0 Å². The number of nitrogens with zero attached hydrogens (tertiary/aromatic N) is 1. The smallest absolute Gasteiger partial charge is 0.371 e. The first-order chi connectivity index (χ1) is 7.47. The van der Waals surface area contributed by atoms with Gasteiger partial charge in [0.15, 0.2) is 5.76 Å². The highest BCUT2D eigenvalue weighted by molar-refractivity contribution is 5.93. The van der Waals surface area contributed by atoms with Gasteiger partial charge in [-0.15, -0.1) is 0 Å². The molecule has 0 aliphatic heterocycles. The molecule has 0 atom stereocenters. The van der Waals surface area contributed by atoms with Crippen LogP contribution in [0.2, 0.25) is 0 Å². The number of carbonyl (C=O) groups excluding carboxylic acids is 1. The molecule has 0 saturated carbocycles. The summed E-state index contributed by atoms with van der Waals surface area (Å²) in [5, 5.41) is 8.67. The number of carboxylic acids is 1. The third-order valence-electron chi connectivity index (χ3n) is 2.25. The van der Waals surface area contributed by atoms with Crippen molar-refractivity contribution in [2.45, 2.75) is 26.8 Å². The van der Waals surface area contributed by atoms with E-state index in [9.17, 15) is 9.59 Å². The van der Waals surface area contributed by atoms with E-state index in [1.165, 1.54) is 12.1 Å². The lowest BCUT2D eigenvalue weighted by molar-refractivity contribution is 0.0641. The first-order valence-electron chi connectivity index (χ1n) is 5.11. The Morgan fingerprint density at radius 2 is 1.94 bits per heavy atom. The van der Waals surface area contributed by atoms with Crippen molar-refractivity contribution in [1.82, 2.24) is 4.90 Å². The molecule has 5 heteroatoms. The fourth-order valence-corrected chi connectivity index (χ4v) is 1.45. The molecule has 1 N–H and O–H groups in total. The van der Waals surface area contributed by atoms with E-state index in [0.717, 1.165) is 0 Å². The highest BCUT2D eigenvalue weighted by Crippen LogP contribution is 2.12. The molecular formula is C11H15NO4. The van der Waals surface area contributed by atoms with Crippen molar-refractivity contribution in [3.05, 3.63) is 23.7 Å². The van der Waals surface area contributed by atoms with Crippen LogP contribution in [-0.4, -0.2) is 34.5 Å². The molecule has 1 amide bonds. The summed E-state index contributed by atoms with van der Waals surface area (Å²) in [6.07, 6.45) is 0. The van der Waals surface area contributed by atoms with Crippen LogP contribution in [0.3, 0.4) is 0 Å². The van der Waals surface area contributed by atoms with Crippen LogP contribution in [0.5, 0.6) is 0 Å². The largest absolute Gasteiger partial charge is 0.475 e. The van der Waals surface area contributed by atoms with Gasteiger partial charge in [-0.3, -0.25) is 4.79 Å². The maximum Gasteiger partial charge on any atom is 0.371 e. The number of furan rings is 1. The van der Waals surface area contributed by atoms with Crippen LogP contribution in [0.1, 0.15) is 41.9 Å². The highest BCUT2D eigenvalue weighted by atomic mass is 16.4. The molecule has 0 spiro atoms. The van der Waals surface area contributed by atoms with Gasteiger partial charge in [-0.25, -0.2) is 4.79 Å². The summed E-state index contributed by atoms with van der Waals surface area (Å²) in [5.74, 6) is -1.62. The SMILES string of the molecule is CCN(C(=O)c1ccc(C(=O)O)o1)C(C)C. The Hall–Kier alpha value is -1.78. The molecule has 16 heavy (non-hydrogen) atoms. The van der Waals surface area contributed by atoms with Crippen molar-refractivity contribution >= 4 is 11.9 Å².